The van der Waals surface area contributed by atoms with Crippen molar-refractivity contribution in [2.24, 2.45) is 7.05 Å². The molecule has 0 bridgehead atoms. The third kappa shape index (κ3) is 3.45. The molecule has 0 fully saturated rings. The summed E-state index contributed by atoms with van der Waals surface area (Å²) in [6, 6.07) is 9.80. The fourth-order valence-corrected chi connectivity index (χ4v) is 2.04. The maximum absolute atomic E-state index is 12.0. The highest BCUT2D eigenvalue weighted by molar-refractivity contribution is 6.02. The number of carbonyl (C=O) groups excluding carboxylic acids is 1. The van der Waals surface area contributed by atoms with E-state index in [1.54, 1.807) is 24.0 Å². The van der Waals surface area contributed by atoms with Gasteiger partial charge in [0, 0.05) is 25.0 Å². The lowest BCUT2D eigenvalue weighted by molar-refractivity contribution is 0.102. The van der Waals surface area contributed by atoms with Crippen molar-refractivity contribution in [2.75, 3.05) is 11.9 Å². The van der Waals surface area contributed by atoms with Crippen molar-refractivity contribution in [1.82, 2.24) is 15.1 Å². The molecule has 0 saturated heterocycles. The molecule has 0 aliphatic carbocycles. The van der Waals surface area contributed by atoms with Crippen LogP contribution in [0, 0.1) is 0 Å². The molecule has 0 aliphatic rings. The van der Waals surface area contributed by atoms with E-state index in [9.17, 15) is 4.79 Å². The normalized spacial score (nSPS) is 12.2. The predicted molar refractivity (Wildman–Crippen MR) is 79.7 cm³/mol. The zero-order valence-electron chi connectivity index (χ0n) is 12.1. The first-order valence-corrected chi connectivity index (χ1v) is 6.74. The number of hydrogen-bond donors (Lipinski definition) is 2. The molecule has 0 aliphatic heterocycles. The molecular weight excluding hydrogens is 252 g/mol. The Bertz CT molecular complexity index is 591. The van der Waals surface area contributed by atoms with Crippen LogP contribution in [0.4, 0.5) is 5.69 Å². The summed E-state index contributed by atoms with van der Waals surface area (Å²) >= 11 is 0. The summed E-state index contributed by atoms with van der Waals surface area (Å²) in [5.74, 6) is -0.196. The van der Waals surface area contributed by atoms with Crippen molar-refractivity contribution < 1.29 is 4.79 Å². The lowest BCUT2D eigenvalue weighted by Crippen LogP contribution is -2.18. The lowest BCUT2D eigenvalue weighted by atomic mass is 10.1. The van der Waals surface area contributed by atoms with E-state index in [4.69, 9.17) is 0 Å². The number of nitrogens with one attached hydrogen (secondary N) is 2. The fraction of sp³-hybridized carbons (Fsp3) is 0.333. The Kier molecular flexibility index (Phi) is 4.53. The van der Waals surface area contributed by atoms with E-state index in [0.717, 1.165) is 17.8 Å². The molecule has 1 atom stereocenters. The SMILES string of the molecule is CCNC(C)c1cccc(NC(=O)c2ccn(C)n2)c1. The standard InChI is InChI=1S/C15H20N4O/c1-4-16-11(2)12-6-5-7-13(10-12)17-15(20)14-8-9-19(3)18-14/h5-11,16H,4H2,1-3H3,(H,17,20). The molecule has 2 aromatic rings. The van der Waals surface area contributed by atoms with E-state index in [1.807, 2.05) is 24.3 Å². The van der Waals surface area contributed by atoms with Gasteiger partial charge in [0.2, 0.25) is 0 Å². The summed E-state index contributed by atoms with van der Waals surface area (Å²) in [4.78, 5) is 12.0. The zero-order chi connectivity index (χ0) is 14.5. The van der Waals surface area contributed by atoms with Crippen LogP contribution in [0.15, 0.2) is 36.5 Å². The molecule has 0 radical (unpaired) electrons. The highest BCUT2D eigenvalue weighted by atomic mass is 16.1. The van der Waals surface area contributed by atoms with Crippen molar-refractivity contribution in [2.45, 2.75) is 19.9 Å². The summed E-state index contributed by atoms with van der Waals surface area (Å²) in [6.07, 6.45) is 1.75. The molecule has 2 N–H and O–H groups in total. The van der Waals surface area contributed by atoms with E-state index in [1.165, 1.54) is 0 Å². The maximum atomic E-state index is 12.0. The Hall–Kier alpha value is -2.14. The first-order chi connectivity index (χ1) is 9.60. The molecule has 1 unspecified atom stereocenters. The minimum atomic E-state index is -0.196. The average Bonchev–Trinajstić information content (AvgIpc) is 2.86. The van der Waals surface area contributed by atoms with Crippen molar-refractivity contribution in [1.29, 1.82) is 0 Å². The smallest absolute Gasteiger partial charge is 0.276 e. The van der Waals surface area contributed by atoms with Gasteiger partial charge in [-0.1, -0.05) is 19.1 Å². The third-order valence-electron chi connectivity index (χ3n) is 3.10. The van der Waals surface area contributed by atoms with Gasteiger partial charge in [-0.2, -0.15) is 5.10 Å². The van der Waals surface area contributed by atoms with Crippen LogP contribution in [0.25, 0.3) is 0 Å². The molecule has 1 amide bonds. The van der Waals surface area contributed by atoms with Crippen LogP contribution < -0.4 is 10.6 Å². The topological polar surface area (TPSA) is 58.9 Å². The van der Waals surface area contributed by atoms with Gasteiger partial charge in [-0.15, -0.1) is 0 Å². The molecule has 2 rings (SSSR count). The molecule has 5 heteroatoms. The summed E-state index contributed by atoms with van der Waals surface area (Å²) < 4.78 is 1.61. The Balaban J connectivity index is 2.09. The largest absolute Gasteiger partial charge is 0.321 e. The van der Waals surface area contributed by atoms with E-state index in [2.05, 4.69) is 29.6 Å². The number of rotatable bonds is 5. The van der Waals surface area contributed by atoms with Crippen LogP contribution in [0.1, 0.15) is 35.9 Å². The van der Waals surface area contributed by atoms with E-state index in [-0.39, 0.29) is 11.9 Å². The Morgan fingerprint density at radius 2 is 2.20 bits per heavy atom. The molecular formula is C15H20N4O. The van der Waals surface area contributed by atoms with Crippen molar-refractivity contribution >= 4 is 11.6 Å². The second kappa shape index (κ2) is 6.34. The molecule has 20 heavy (non-hydrogen) atoms. The molecule has 1 aromatic heterocycles. The monoisotopic (exact) mass is 272 g/mol. The number of hydrogen-bond acceptors (Lipinski definition) is 3. The van der Waals surface area contributed by atoms with Crippen molar-refractivity contribution in [3.8, 4) is 0 Å². The number of nitrogens with zero attached hydrogens (tertiary/aromatic N) is 2. The van der Waals surface area contributed by atoms with Gasteiger partial charge < -0.3 is 10.6 Å². The van der Waals surface area contributed by atoms with Gasteiger partial charge >= 0.3 is 0 Å². The van der Waals surface area contributed by atoms with Gasteiger partial charge in [-0.25, -0.2) is 0 Å². The van der Waals surface area contributed by atoms with Gasteiger partial charge in [0.15, 0.2) is 5.69 Å². The molecule has 5 nitrogen and oxygen atoms in total. The number of aromatic nitrogens is 2. The highest BCUT2D eigenvalue weighted by Crippen LogP contribution is 2.17. The van der Waals surface area contributed by atoms with Crippen molar-refractivity contribution in [3.05, 3.63) is 47.8 Å². The number of benzene rings is 1. The number of anilines is 1. The molecule has 0 spiro atoms. The molecule has 106 valence electrons. The van der Waals surface area contributed by atoms with Crippen LogP contribution in [-0.2, 0) is 7.05 Å². The van der Waals surface area contributed by atoms with Gasteiger partial charge in [-0.3, -0.25) is 9.48 Å². The second-order valence-corrected chi connectivity index (χ2v) is 4.73. The van der Waals surface area contributed by atoms with Crippen LogP contribution >= 0.6 is 0 Å². The first-order valence-electron chi connectivity index (χ1n) is 6.74. The molecule has 1 aromatic carbocycles. The Morgan fingerprint density at radius 3 is 2.85 bits per heavy atom. The first kappa shape index (κ1) is 14.3. The van der Waals surface area contributed by atoms with E-state index < -0.39 is 0 Å². The number of aryl methyl sites for hydroxylation is 1. The minimum absolute atomic E-state index is 0.196. The van der Waals surface area contributed by atoms with Crippen LogP contribution in [0.2, 0.25) is 0 Å². The third-order valence-corrected chi connectivity index (χ3v) is 3.10. The summed E-state index contributed by atoms with van der Waals surface area (Å²) in [6.45, 7) is 5.08. The second-order valence-electron chi connectivity index (χ2n) is 4.73. The zero-order valence-corrected chi connectivity index (χ0v) is 12.1. The molecule has 1 heterocycles. The van der Waals surface area contributed by atoms with Crippen LogP contribution in [0.3, 0.4) is 0 Å². The van der Waals surface area contributed by atoms with E-state index >= 15 is 0 Å². The quantitative estimate of drug-likeness (QED) is 0.878. The summed E-state index contributed by atoms with van der Waals surface area (Å²) in [5.41, 5.74) is 2.34. The van der Waals surface area contributed by atoms with Gasteiger partial charge in [0.25, 0.3) is 5.91 Å². The van der Waals surface area contributed by atoms with Gasteiger partial charge in [-0.05, 0) is 37.2 Å². The molecule has 0 saturated carbocycles. The van der Waals surface area contributed by atoms with Gasteiger partial charge in [0.1, 0.15) is 0 Å². The predicted octanol–water partition coefficient (Wildman–Crippen LogP) is 2.34. The Labute approximate surface area is 119 Å². The highest BCUT2D eigenvalue weighted by Gasteiger charge is 2.10. The van der Waals surface area contributed by atoms with E-state index in [0.29, 0.717) is 5.69 Å². The maximum Gasteiger partial charge on any atom is 0.276 e. The van der Waals surface area contributed by atoms with Crippen LogP contribution in [0.5, 0.6) is 0 Å². The van der Waals surface area contributed by atoms with Gasteiger partial charge in [0.05, 0.1) is 0 Å². The van der Waals surface area contributed by atoms with Crippen LogP contribution in [-0.4, -0.2) is 22.2 Å². The fourth-order valence-electron chi connectivity index (χ4n) is 2.04. The minimum Gasteiger partial charge on any atom is -0.321 e. The number of carbonyl (C=O) groups is 1. The summed E-state index contributed by atoms with van der Waals surface area (Å²) in [7, 11) is 1.79. The Morgan fingerprint density at radius 1 is 1.40 bits per heavy atom. The summed E-state index contributed by atoms with van der Waals surface area (Å²) in [5, 5.41) is 10.3. The average molecular weight is 272 g/mol. The number of amides is 1. The van der Waals surface area contributed by atoms with Crippen molar-refractivity contribution in [3.63, 3.8) is 0 Å². The lowest BCUT2D eigenvalue weighted by Gasteiger charge is -2.14.